The van der Waals surface area contributed by atoms with Crippen LogP contribution in [-0.2, 0) is 16.0 Å². The zero-order valence-corrected chi connectivity index (χ0v) is 14.3. The normalized spacial score (nSPS) is 12.0. The first-order chi connectivity index (χ1) is 10.4. The van der Waals surface area contributed by atoms with E-state index in [0.717, 1.165) is 5.56 Å². The van der Waals surface area contributed by atoms with Crippen molar-refractivity contribution in [2.75, 3.05) is 6.54 Å². The molecule has 0 saturated heterocycles. The molecule has 1 aromatic heterocycles. The van der Waals surface area contributed by atoms with Gasteiger partial charge >= 0.3 is 5.97 Å². The summed E-state index contributed by atoms with van der Waals surface area (Å²) in [5.41, 5.74) is 6.29. The summed E-state index contributed by atoms with van der Waals surface area (Å²) in [7, 11) is 0. The number of ether oxygens (including phenoxy) is 1. The summed E-state index contributed by atoms with van der Waals surface area (Å²) in [6.07, 6.45) is 0.631. The van der Waals surface area contributed by atoms with Gasteiger partial charge in [0.15, 0.2) is 0 Å². The van der Waals surface area contributed by atoms with Crippen LogP contribution in [0.2, 0.25) is 0 Å². The van der Waals surface area contributed by atoms with Crippen molar-refractivity contribution in [2.45, 2.75) is 32.8 Å². The molecular weight excluding hydrogens is 294 g/mol. The first-order valence-electron chi connectivity index (χ1n) is 7.36. The molecule has 0 aliphatic rings. The topological polar surface area (TPSA) is 52.3 Å². The summed E-state index contributed by atoms with van der Waals surface area (Å²) in [5.74, 6) is -0.486. The monoisotopic (exact) mass is 319 g/mol. The zero-order chi connectivity index (χ0) is 16.4. The maximum atomic E-state index is 11.9. The number of nitrogens with two attached hydrogens (primary N) is 1. The van der Waals surface area contributed by atoms with Crippen LogP contribution in [0.3, 0.4) is 0 Å². The van der Waals surface area contributed by atoms with E-state index in [1.807, 2.05) is 74.0 Å². The van der Waals surface area contributed by atoms with Gasteiger partial charge in [0.05, 0.1) is 5.92 Å². The Bertz CT molecular complexity index is 501. The van der Waals surface area contributed by atoms with Crippen LogP contribution < -0.4 is 5.73 Å². The second kappa shape index (κ2) is 9.38. The quantitative estimate of drug-likeness (QED) is 0.870. The Balaban J connectivity index is 0.000000406. The van der Waals surface area contributed by atoms with Gasteiger partial charge in [-0.3, -0.25) is 4.79 Å². The molecular formula is C18H25NO2S. The van der Waals surface area contributed by atoms with E-state index in [0.29, 0.717) is 13.0 Å². The second-order valence-electron chi connectivity index (χ2n) is 5.95. The lowest BCUT2D eigenvalue weighted by Gasteiger charge is -2.23. The molecule has 0 bridgehead atoms. The fraction of sp³-hybridized carbons (Fsp3) is 0.389. The van der Waals surface area contributed by atoms with E-state index in [1.54, 1.807) is 11.3 Å². The van der Waals surface area contributed by atoms with Crippen LogP contribution in [0.4, 0.5) is 0 Å². The molecule has 1 aromatic carbocycles. The van der Waals surface area contributed by atoms with Gasteiger partial charge in [-0.15, -0.1) is 0 Å². The molecule has 1 atom stereocenters. The predicted molar refractivity (Wildman–Crippen MR) is 92.9 cm³/mol. The zero-order valence-electron chi connectivity index (χ0n) is 13.5. The van der Waals surface area contributed by atoms with Crippen molar-refractivity contribution in [3.8, 4) is 0 Å². The summed E-state index contributed by atoms with van der Waals surface area (Å²) in [6.45, 7) is 5.90. The van der Waals surface area contributed by atoms with Gasteiger partial charge in [0.1, 0.15) is 5.60 Å². The molecule has 0 spiro atoms. The number of esters is 1. The predicted octanol–water partition coefficient (Wildman–Crippen LogP) is 3.89. The van der Waals surface area contributed by atoms with E-state index in [9.17, 15) is 4.79 Å². The average molecular weight is 319 g/mol. The molecule has 0 unspecified atom stereocenters. The number of carbonyl (C=O) groups is 1. The third kappa shape index (κ3) is 7.96. The van der Waals surface area contributed by atoms with Crippen LogP contribution >= 0.6 is 11.3 Å². The van der Waals surface area contributed by atoms with Crippen LogP contribution in [0.1, 0.15) is 26.3 Å². The van der Waals surface area contributed by atoms with Crippen molar-refractivity contribution >= 4 is 17.3 Å². The molecule has 2 rings (SSSR count). The van der Waals surface area contributed by atoms with Crippen LogP contribution in [0.5, 0.6) is 0 Å². The number of thiophene rings is 1. The van der Waals surface area contributed by atoms with Gasteiger partial charge < -0.3 is 10.5 Å². The first kappa shape index (κ1) is 18.4. The smallest absolute Gasteiger partial charge is 0.311 e. The Morgan fingerprint density at radius 3 is 2.14 bits per heavy atom. The average Bonchev–Trinajstić information content (AvgIpc) is 3.03. The van der Waals surface area contributed by atoms with Gasteiger partial charge in [0.25, 0.3) is 0 Å². The molecule has 0 aliphatic carbocycles. The third-order valence-electron chi connectivity index (χ3n) is 2.77. The Labute approximate surface area is 137 Å². The number of carbonyl (C=O) groups excluding carboxylic acids is 1. The van der Waals surface area contributed by atoms with E-state index in [-0.39, 0.29) is 11.9 Å². The Hall–Kier alpha value is -1.65. The van der Waals surface area contributed by atoms with Crippen molar-refractivity contribution in [3.05, 3.63) is 58.8 Å². The van der Waals surface area contributed by atoms with E-state index in [1.165, 1.54) is 0 Å². The van der Waals surface area contributed by atoms with Crippen LogP contribution in [-0.4, -0.2) is 18.1 Å². The van der Waals surface area contributed by atoms with Gasteiger partial charge in [-0.05, 0) is 43.5 Å². The maximum Gasteiger partial charge on any atom is 0.311 e. The molecule has 0 aliphatic heterocycles. The highest BCUT2D eigenvalue weighted by Crippen LogP contribution is 2.14. The highest BCUT2D eigenvalue weighted by molar-refractivity contribution is 7.07. The lowest BCUT2D eigenvalue weighted by atomic mass is 9.99. The van der Waals surface area contributed by atoms with E-state index >= 15 is 0 Å². The SMILES string of the molecule is CC(C)(C)OC(=O)[C@H](CN)Cc1ccccc1.c1ccsc1. The second-order valence-corrected chi connectivity index (χ2v) is 6.77. The van der Waals surface area contributed by atoms with Crippen LogP contribution in [0, 0.1) is 5.92 Å². The molecule has 120 valence electrons. The molecule has 1 heterocycles. The number of hydrogen-bond donors (Lipinski definition) is 1. The minimum Gasteiger partial charge on any atom is -0.460 e. The van der Waals surface area contributed by atoms with Crippen LogP contribution in [0.15, 0.2) is 53.2 Å². The molecule has 0 saturated carbocycles. The number of rotatable bonds is 4. The summed E-state index contributed by atoms with van der Waals surface area (Å²) in [6, 6.07) is 13.9. The molecule has 22 heavy (non-hydrogen) atoms. The van der Waals surface area contributed by atoms with Crippen molar-refractivity contribution in [3.63, 3.8) is 0 Å². The van der Waals surface area contributed by atoms with E-state index in [2.05, 4.69) is 0 Å². The summed E-state index contributed by atoms with van der Waals surface area (Å²) < 4.78 is 5.34. The first-order valence-corrected chi connectivity index (χ1v) is 8.30. The van der Waals surface area contributed by atoms with Gasteiger partial charge in [0.2, 0.25) is 0 Å². The summed E-state index contributed by atoms with van der Waals surface area (Å²) >= 11 is 1.71. The van der Waals surface area contributed by atoms with Gasteiger partial charge in [-0.25, -0.2) is 0 Å². The van der Waals surface area contributed by atoms with Gasteiger partial charge in [-0.2, -0.15) is 11.3 Å². The lowest BCUT2D eigenvalue weighted by Crippen LogP contribution is -2.33. The molecule has 0 radical (unpaired) electrons. The Morgan fingerprint density at radius 1 is 1.14 bits per heavy atom. The van der Waals surface area contributed by atoms with Crippen molar-refractivity contribution < 1.29 is 9.53 Å². The number of hydrogen-bond acceptors (Lipinski definition) is 4. The molecule has 4 heteroatoms. The fourth-order valence-corrected chi connectivity index (χ4v) is 2.23. The minimum absolute atomic E-state index is 0.219. The highest BCUT2D eigenvalue weighted by Gasteiger charge is 2.24. The maximum absolute atomic E-state index is 11.9. The highest BCUT2D eigenvalue weighted by atomic mass is 32.1. The van der Waals surface area contributed by atoms with Gasteiger partial charge in [0, 0.05) is 6.54 Å². The minimum atomic E-state index is -0.457. The molecule has 0 amide bonds. The standard InChI is InChI=1S/C14H21NO2.C4H4S/c1-14(2,3)17-13(16)12(10-15)9-11-7-5-4-6-8-11;1-2-4-5-3-1/h4-8,12H,9-10,15H2,1-3H3;1-4H/t12-;/m0./s1. The molecule has 2 aromatic rings. The Kier molecular flexibility index (Phi) is 7.85. The summed E-state index contributed by atoms with van der Waals surface area (Å²) in [5, 5.41) is 4.08. The fourth-order valence-electron chi connectivity index (χ4n) is 1.77. The Morgan fingerprint density at radius 2 is 1.73 bits per heavy atom. The number of benzene rings is 1. The molecule has 2 N–H and O–H groups in total. The van der Waals surface area contributed by atoms with E-state index in [4.69, 9.17) is 10.5 Å². The van der Waals surface area contributed by atoms with Crippen molar-refractivity contribution in [1.82, 2.24) is 0 Å². The molecule has 0 fully saturated rings. The van der Waals surface area contributed by atoms with E-state index < -0.39 is 5.60 Å². The lowest BCUT2D eigenvalue weighted by molar-refractivity contribution is -0.159. The van der Waals surface area contributed by atoms with Crippen molar-refractivity contribution in [2.24, 2.45) is 11.7 Å². The molecule has 3 nitrogen and oxygen atoms in total. The van der Waals surface area contributed by atoms with Crippen LogP contribution in [0.25, 0.3) is 0 Å². The third-order valence-corrected chi connectivity index (χ3v) is 3.40. The van der Waals surface area contributed by atoms with Gasteiger partial charge in [-0.1, -0.05) is 42.5 Å². The summed E-state index contributed by atoms with van der Waals surface area (Å²) in [4.78, 5) is 11.9. The largest absolute Gasteiger partial charge is 0.460 e. The van der Waals surface area contributed by atoms with Crippen molar-refractivity contribution in [1.29, 1.82) is 0 Å².